The molecule has 0 unspecified atom stereocenters. The third kappa shape index (κ3) is 4.63. The number of hydrogen-bond acceptors (Lipinski definition) is 5. The molecule has 8 heteroatoms. The predicted octanol–water partition coefficient (Wildman–Crippen LogP) is 2.08. The molecule has 0 fully saturated rings. The lowest BCUT2D eigenvalue weighted by Crippen LogP contribution is -1.92. The van der Waals surface area contributed by atoms with Crippen molar-refractivity contribution in [3.63, 3.8) is 0 Å². The Bertz CT molecular complexity index is 627. The monoisotopic (exact) mass is 375 g/mol. The zero-order valence-corrected chi connectivity index (χ0v) is 11.6. The van der Waals surface area contributed by atoms with Crippen molar-refractivity contribution in [3.8, 4) is 6.07 Å². The maximum absolute atomic E-state index is 12.5. The van der Waals surface area contributed by atoms with Gasteiger partial charge in [-0.05, 0) is 22.6 Å². The molecule has 2 rings (SSSR count). The minimum Gasteiger partial charge on any atom is -0.384 e. The number of pyridine rings is 2. The first-order valence-electron chi connectivity index (χ1n) is 4.81. The molecular weight excluding hydrogens is 367 g/mol. The van der Waals surface area contributed by atoms with Crippen LogP contribution in [-0.4, -0.2) is 9.97 Å². The molecule has 0 aromatic carbocycles. The third-order valence-corrected chi connectivity index (χ3v) is 2.62. The van der Waals surface area contributed by atoms with Gasteiger partial charge >= 0.3 is 0 Å². The Morgan fingerprint density at radius 1 is 1.05 bits per heavy atom. The van der Waals surface area contributed by atoms with E-state index in [9.17, 15) is 8.78 Å². The molecule has 19 heavy (non-hydrogen) atoms. The first kappa shape index (κ1) is 15.0. The van der Waals surface area contributed by atoms with Crippen LogP contribution < -0.4 is 11.5 Å². The standard InChI is InChI=1S/C6H4FN3.C5H4FIN2/c7-5-1-6(9)10-3-4(5)2-8;6-3-1-5(8)9-2-4(3)7/h1,3H,(H2,9,10);1-2H,(H2,8,9). The lowest BCUT2D eigenvalue weighted by Gasteiger charge is -1.92. The van der Waals surface area contributed by atoms with Crippen LogP contribution in [-0.2, 0) is 0 Å². The first-order chi connectivity index (χ1) is 8.93. The zero-order valence-electron chi connectivity index (χ0n) is 9.44. The van der Waals surface area contributed by atoms with Gasteiger partial charge in [-0.25, -0.2) is 18.7 Å². The average Bonchev–Trinajstić information content (AvgIpc) is 2.35. The first-order valence-corrected chi connectivity index (χ1v) is 5.89. The van der Waals surface area contributed by atoms with Crippen LogP contribution in [0.25, 0.3) is 0 Å². The quantitative estimate of drug-likeness (QED) is 0.687. The highest BCUT2D eigenvalue weighted by atomic mass is 127. The molecule has 98 valence electrons. The van der Waals surface area contributed by atoms with E-state index in [-0.39, 0.29) is 23.0 Å². The smallest absolute Gasteiger partial charge is 0.146 e. The lowest BCUT2D eigenvalue weighted by molar-refractivity contribution is 0.618. The van der Waals surface area contributed by atoms with Crippen molar-refractivity contribution >= 4 is 34.2 Å². The summed E-state index contributed by atoms with van der Waals surface area (Å²) in [5.41, 5.74) is 10.2. The Hall–Kier alpha value is -2.02. The Morgan fingerprint density at radius 3 is 2.00 bits per heavy atom. The van der Waals surface area contributed by atoms with Gasteiger partial charge in [0.15, 0.2) is 0 Å². The molecule has 5 nitrogen and oxygen atoms in total. The van der Waals surface area contributed by atoms with Crippen molar-refractivity contribution in [1.82, 2.24) is 9.97 Å². The van der Waals surface area contributed by atoms with Crippen LogP contribution in [0.4, 0.5) is 20.4 Å². The fraction of sp³-hybridized carbons (Fsp3) is 0. The van der Waals surface area contributed by atoms with E-state index < -0.39 is 5.82 Å². The molecule has 0 bridgehead atoms. The molecule has 0 saturated carbocycles. The summed E-state index contributed by atoms with van der Waals surface area (Å²) >= 11 is 1.85. The fourth-order valence-corrected chi connectivity index (χ4v) is 1.25. The largest absolute Gasteiger partial charge is 0.384 e. The topological polar surface area (TPSA) is 102 Å². The van der Waals surface area contributed by atoms with Crippen LogP contribution in [0, 0.1) is 26.5 Å². The molecule has 2 heterocycles. The van der Waals surface area contributed by atoms with Crippen molar-refractivity contribution in [2.45, 2.75) is 0 Å². The van der Waals surface area contributed by atoms with E-state index in [0.29, 0.717) is 3.57 Å². The van der Waals surface area contributed by atoms with Crippen molar-refractivity contribution < 1.29 is 8.78 Å². The van der Waals surface area contributed by atoms with Gasteiger partial charge in [-0.15, -0.1) is 0 Å². The fourth-order valence-electron chi connectivity index (χ4n) is 0.957. The van der Waals surface area contributed by atoms with Crippen LogP contribution in [0.2, 0.25) is 0 Å². The number of nitriles is 1. The van der Waals surface area contributed by atoms with Crippen molar-refractivity contribution in [2.24, 2.45) is 0 Å². The van der Waals surface area contributed by atoms with Gasteiger partial charge in [-0.2, -0.15) is 5.26 Å². The van der Waals surface area contributed by atoms with E-state index in [1.165, 1.54) is 12.3 Å². The maximum Gasteiger partial charge on any atom is 0.146 e. The molecular formula is C11H8F2IN5. The number of rotatable bonds is 0. The minimum absolute atomic E-state index is 0.0801. The van der Waals surface area contributed by atoms with Gasteiger partial charge in [0, 0.05) is 18.3 Å². The van der Waals surface area contributed by atoms with Crippen LogP contribution in [0.15, 0.2) is 24.5 Å². The summed E-state index contributed by atoms with van der Waals surface area (Å²) in [7, 11) is 0. The summed E-state index contributed by atoms with van der Waals surface area (Å²) in [6.07, 6.45) is 2.50. The minimum atomic E-state index is -0.630. The van der Waals surface area contributed by atoms with Gasteiger partial charge in [0.1, 0.15) is 34.9 Å². The van der Waals surface area contributed by atoms with E-state index in [0.717, 1.165) is 12.3 Å². The number of nitrogens with zero attached hydrogens (tertiary/aromatic N) is 3. The van der Waals surface area contributed by atoms with Gasteiger partial charge in [0.25, 0.3) is 0 Å². The predicted molar refractivity (Wildman–Crippen MR) is 74.6 cm³/mol. The average molecular weight is 375 g/mol. The molecule has 2 aromatic rings. The highest BCUT2D eigenvalue weighted by molar-refractivity contribution is 14.1. The number of nitrogens with two attached hydrogens (primary N) is 2. The summed E-state index contributed by atoms with van der Waals surface area (Å²) in [6.45, 7) is 0. The van der Waals surface area contributed by atoms with Crippen LogP contribution in [0.3, 0.4) is 0 Å². The molecule has 0 saturated heterocycles. The SMILES string of the molecule is N#Cc1cnc(N)cc1F.Nc1cc(F)c(I)cn1. The van der Waals surface area contributed by atoms with Gasteiger partial charge in [-0.3, -0.25) is 0 Å². The van der Waals surface area contributed by atoms with Crippen LogP contribution >= 0.6 is 22.6 Å². The molecule has 4 N–H and O–H groups in total. The number of halogens is 3. The lowest BCUT2D eigenvalue weighted by atomic mass is 10.3. The van der Waals surface area contributed by atoms with E-state index in [4.69, 9.17) is 16.7 Å². The summed E-state index contributed by atoms with van der Waals surface area (Å²) < 4.78 is 25.4. The van der Waals surface area contributed by atoms with E-state index in [2.05, 4.69) is 9.97 Å². The van der Waals surface area contributed by atoms with Gasteiger partial charge < -0.3 is 11.5 Å². The van der Waals surface area contributed by atoms with Crippen LogP contribution in [0.5, 0.6) is 0 Å². The molecule has 0 amide bonds. The second-order valence-corrected chi connectivity index (χ2v) is 4.39. The van der Waals surface area contributed by atoms with Gasteiger partial charge in [0.2, 0.25) is 0 Å². The number of hydrogen-bond donors (Lipinski definition) is 2. The van der Waals surface area contributed by atoms with Crippen molar-refractivity contribution in [3.05, 3.63) is 45.3 Å². The highest BCUT2D eigenvalue weighted by Crippen LogP contribution is 2.10. The van der Waals surface area contributed by atoms with E-state index in [1.54, 1.807) is 6.07 Å². The Morgan fingerprint density at radius 2 is 1.58 bits per heavy atom. The summed E-state index contributed by atoms with van der Waals surface area (Å²) in [5.74, 6) is -0.650. The second kappa shape index (κ2) is 6.79. The van der Waals surface area contributed by atoms with Gasteiger partial charge in [-0.1, -0.05) is 0 Å². The Labute approximate surface area is 121 Å². The molecule has 0 aliphatic heterocycles. The third-order valence-electron chi connectivity index (χ3n) is 1.82. The maximum atomic E-state index is 12.5. The highest BCUT2D eigenvalue weighted by Gasteiger charge is 2.00. The summed E-state index contributed by atoms with van der Waals surface area (Å²) in [6, 6.07) is 3.84. The number of aromatic nitrogens is 2. The molecule has 2 aromatic heterocycles. The molecule has 0 aliphatic carbocycles. The molecule has 0 spiro atoms. The van der Waals surface area contributed by atoms with Gasteiger partial charge in [0.05, 0.1) is 9.77 Å². The van der Waals surface area contributed by atoms with Crippen molar-refractivity contribution in [2.75, 3.05) is 11.5 Å². The van der Waals surface area contributed by atoms with E-state index >= 15 is 0 Å². The Kier molecular flexibility index (Phi) is 5.37. The van der Waals surface area contributed by atoms with Crippen LogP contribution in [0.1, 0.15) is 5.56 Å². The normalized spacial score (nSPS) is 9.16. The van der Waals surface area contributed by atoms with E-state index in [1.807, 2.05) is 22.6 Å². The summed E-state index contributed by atoms with van der Waals surface area (Å²) in [4.78, 5) is 7.20. The Balaban J connectivity index is 0.000000191. The molecule has 0 atom stereocenters. The molecule has 0 aliphatic rings. The number of nitrogen functional groups attached to an aromatic ring is 2. The van der Waals surface area contributed by atoms with Crippen molar-refractivity contribution in [1.29, 1.82) is 5.26 Å². The second-order valence-electron chi connectivity index (χ2n) is 3.22. The molecule has 0 radical (unpaired) electrons. The summed E-state index contributed by atoms with van der Waals surface area (Å²) in [5, 5.41) is 8.24. The number of anilines is 2. The zero-order chi connectivity index (χ0) is 14.4.